The topological polar surface area (TPSA) is 35.8 Å². The lowest BCUT2D eigenvalue weighted by Gasteiger charge is -2.06. The van der Waals surface area contributed by atoms with Crippen molar-refractivity contribution in [1.82, 2.24) is 5.32 Å². The van der Waals surface area contributed by atoms with Crippen molar-refractivity contribution in [3.8, 4) is 6.07 Å². The van der Waals surface area contributed by atoms with Crippen LogP contribution in [0.1, 0.15) is 13.3 Å². The lowest BCUT2D eigenvalue weighted by atomic mass is 10.3. The van der Waals surface area contributed by atoms with Crippen molar-refractivity contribution in [1.29, 1.82) is 5.26 Å². The van der Waals surface area contributed by atoms with Gasteiger partial charge in [-0.2, -0.15) is 17.0 Å². The second-order valence-electron chi connectivity index (χ2n) is 2.17. The molecule has 0 rings (SSSR count). The predicted octanol–water partition coefficient (Wildman–Crippen LogP) is 1.24. The fourth-order valence-electron chi connectivity index (χ4n) is 0.567. The van der Waals surface area contributed by atoms with E-state index in [9.17, 15) is 0 Å². The second kappa shape index (κ2) is 6.91. The van der Waals surface area contributed by atoms with Crippen LogP contribution < -0.4 is 5.32 Å². The molecule has 0 aliphatic heterocycles. The first-order valence-corrected chi connectivity index (χ1v) is 4.70. The molecule has 10 heavy (non-hydrogen) atoms. The third kappa shape index (κ3) is 5.93. The molecule has 58 valence electrons. The Bertz CT molecular complexity index is 109. The molecule has 1 N–H and O–H groups in total. The molecule has 0 heterocycles. The van der Waals surface area contributed by atoms with Gasteiger partial charge in [-0.15, -0.1) is 0 Å². The van der Waals surface area contributed by atoms with Crippen molar-refractivity contribution in [2.75, 3.05) is 19.3 Å². The SMILES string of the molecule is CSC(C)CCNCC#N. The van der Waals surface area contributed by atoms with Gasteiger partial charge in [0.1, 0.15) is 0 Å². The highest BCUT2D eigenvalue weighted by atomic mass is 32.2. The molecule has 0 fully saturated rings. The van der Waals surface area contributed by atoms with Gasteiger partial charge in [-0.25, -0.2) is 0 Å². The fourth-order valence-corrected chi connectivity index (χ4v) is 0.921. The minimum absolute atomic E-state index is 0.473. The minimum atomic E-state index is 0.473. The molecule has 0 aliphatic rings. The Labute approximate surface area is 67.0 Å². The first kappa shape index (κ1) is 9.80. The Morgan fingerprint density at radius 3 is 2.90 bits per heavy atom. The highest BCUT2D eigenvalue weighted by Gasteiger charge is 1.96. The highest BCUT2D eigenvalue weighted by molar-refractivity contribution is 7.99. The molecule has 0 saturated heterocycles. The zero-order chi connectivity index (χ0) is 7.82. The van der Waals surface area contributed by atoms with E-state index in [0.717, 1.165) is 13.0 Å². The summed E-state index contributed by atoms with van der Waals surface area (Å²) in [7, 11) is 0. The van der Waals surface area contributed by atoms with E-state index in [-0.39, 0.29) is 0 Å². The van der Waals surface area contributed by atoms with Gasteiger partial charge in [0.15, 0.2) is 0 Å². The van der Waals surface area contributed by atoms with Crippen LogP contribution in [0.25, 0.3) is 0 Å². The maximum atomic E-state index is 8.17. The molecule has 1 atom stereocenters. The molecule has 2 nitrogen and oxygen atoms in total. The number of nitrogens with one attached hydrogen (secondary N) is 1. The van der Waals surface area contributed by atoms with Crippen LogP contribution in [0, 0.1) is 11.3 Å². The molecule has 0 saturated carbocycles. The average molecular weight is 158 g/mol. The lowest BCUT2D eigenvalue weighted by Crippen LogP contribution is -2.17. The van der Waals surface area contributed by atoms with Crippen molar-refractivity contribution >= 4 is 11.8 Å². The Morgan fingerprint density at radius 2 is 2.40 bits per heavy atom. The molecule has 0 aromatic heterocycles. The standard InChI is InChI=1S/C7H14N2S/c1-7(10-2)3-5-9-6-4-8/h7,9H,3,5-6H2,1-2H3. The van der Waals surface area contributed by atoms with E-state index in [1.807, 2.05) is 17.8 Å². The summed E-state index contributed by atoms with van der Waals surface area (Å²) in [6, 6.07) is 2.04. The average Bonchev–Trinajstić information content (AvgIpc) is 1.98. The van der Waals surface area contributed by atoms with Crippen LogP contribution in [0.2, 0.25) is 0 Å². The summed E-state index contributed by atoms with van der Waals surface area (Å²) in [4.78, 5) is 0. The Hall–Kier alpha value is -0.200. The number of hydrogen-bond donors (Lipinski definition) is 1. The molecule has 1 unspecified atom stereocenters. The Balaban J connectivity index is 2.98. The van der Waals surface area contributed by atoms with Crippen LogP contribution in [0.15, 0.2) is 0 Å². The van der Waals surface area contributed by atoms with E-state index < -0.39 is 0 Å². The van der Waals surface area contributed by atoms with Crippen molar-refractivity contribution in [3.05, 3.63) is 0 Å². The Kier molecular flexibility index (Phi) is 6.78. The van der Waals surface area contributed by atoms with Crippen molar-refractivity contribution in [3.63, 3.8) is 0 Å². The van der Waals surface area contributed by atoms with Gasteiger partial charge in [0, 0.05) is 5.25 Å². The van der Waals surface area contributed by atoms with Crippen molar-refractivity contribution in [2.45, 2.75) is 18.6 Å². The van der Waals surface area contributed by atoms with Gasteiger partial charge in [0.25, 0.3) is 0 Å². The van der Waals surface area contributed by atoms with E-state index in [0.29, 0.717) is 11.8 Å². The third-order valence-corrected chi connectivity index (χ3v) is 2.37. The van der Waals surface area contributed by atoms with Gasteiger partial charge in [-0.05, 0) is 19.2 Å². The summed E-state index contributed by atoms with van der Waals surface area (Å²) in [6.45, 7) is 3.62. The summed E-state index contributed by atoms with van der Waals surface area (Å²) in [5, 5.41) is 11.9. The van der Waals surface area contributed by atoms with Gasteiger partial charge in [-0.1, -0.05) is 6.92 Å². The zero-order valence-electron chi connectivity index (χ0n) is 6.55. The highest BCUT2D eigenvalue weighted by Crippen LogP contribution is 2.07. The number of hydrogen-bond acceptors (Lipinski definition) is 3. The van der Waals surface area contributed by atoms with Gasteiger partial charge in [0.05, 0.1) is 12.6 Å². The van der Waals surface area contributed by atoms with E-state index in [4.69, 9.17) is 5.26 Å². The van der Waals surface area contributed by atoms with Crippen molar-refractivity contribution < 1.29 is 0 Å². The van der Waals surface area contributed by atoms with Gasteiger partial charge in [0.2, 0.25) is 0 Å². The zero-order valence-corrected chi connectivity index (χ0v) is 7.37. The largest absolute Gasteiger partial charge is 0.304 e. The number of nitriles is 1. The monoisotopic (exact) mass is 158 g/mol. The number of thioether (sulfide) groups is 1. The van der Waals surface area contributed by atoms with Crippen LogP contribution in [-0.4, -0.2) is 24.6 Å². The molecule has 0 radical (unpaired) electrons. The van der Waals surface area contributed by atoms with Gasteiger partial charge in [-0.3, -0.25) is 0 Å². The van der Waals surface area contributed by atoms with Gasteiger partial charge >= 0.3 is 0 Å². The lowest BCUT2D eigenvalue weighted by molar-refractivity contribution is 0.694. The molecule has 0 aromatic carbocycles. The van der Waals surface area contributed by atoms with Crippen LogP contribution in [-0.2, 0) is 0 Å². The van der Waals surface area contributed by atoms with Gasteiger partial charge < -0.3 is 5.32 Å². The number of nitrogens with zero attached hydrogens (tertiary/aromatic N) is 1. The first-order valence-electron chi connectivity index (χ1n) is 3.41. The van der Waals surface area contributed by atoms with E-state index in [1.54, 1.807) is 0 Å². The van der Waals surface area contributed by atoms with E-state index in [1.165, 1.54) is 0 Å². The maximum absolute atomic E-state index is 8.17. The summed E-state index contributed by atoms with van der Waals surface area (Å²) in [5.41, 5.74) is 0. The Morgan fingerprint density at radius 1 is 1.70 bits per heavy atom. The maximum Gasteiger partial charge on any atom is 0.0840 e. The molecule has 0 aromatic rings. The second-order valence-corrected chi connectivity index (χ2v) is 3.45. The van der Waals surface area contributed by atoms with Crippen LogP contribution in [0.4, 0.5) is 0 Å². The smallest absolute Gasteiger partial charge is 0.0840 e. The molecule has 0 bridgehead atoms. The third-order valence-electron chi connectivity index (χ3n) is 1.33. The minimum Gasteiger partial charge on any atom is -0.304 e. The van der Waals surface area contributed by atoms with Crippen molar-refractivity contribution in [2.24, 2.45) is 0 Å². The predicted molar refractivity (Wildman–Crippen MR) is 46.1 cm³/mol. The summed E-state index contributed by atoms with van der Waals surface area (Å²) in [5.74, 6) is 0. The van der Waals surface area contributed by atoms with Crippen LogP contribution in [0.3, 0.4) is 0 Å². The van der Waals surface area contributed by atoms with Crippen LogP contribution >= 0.6 is 11.8 Å². The summed E-state index contributed by atoms with van der Waals surface area (Å²) >= 11 is 1.86. The summed E-state index contributed by atoms with van der Waals surface area (Å²) in [6.07, 6.45) is 3.25. The molecular weight excluding hydrogens is 144 g/mol. The number of rotatable bonds is 5. The molecule has 0 amide bonds. The quantitative estimate of drug-likeness (QED) is 0.483. The van der Waals surface area contributed by atoms with E-state index in [2.05, 4.69) is 18.5 Å². The molecule has 3 heteroatoms. The molecule has 0 spiro atoms. The molecular formula is C7H14N2S. The molecule has 0 aliphatic carbocycles. The van der Waals surface area contributed by atoms with E-state index >= 15 is 0 Å². The normalized spacial score (nSPS) is 12.5. The van der Waals surface area contributed by atoms with Crippen LogP contribution in [0.5, 0.6) is 0 Å². The summed E-state index contributed by atoms with van der Waals surface area (Å²) < 4.78 is 0. The fraction of sp³-hybridized carbons (Fsp3) is 0.857. The first-order chi connectivity index (χ1) is 4.81.